The van der Waals surface area contributed by atoms with Crippen molar-refractivity contribution in [3.8, 4) is 11.5 Å². The molecule has 150 valence electrons. The number of rotatable bonds is 6. The second kappa shape index (κ2) is 9.02. The van der Waals surface area contributed by atoms with E-state index in [1.807, 2.05) is 12.1 Å². The fourth-order valence-electron chi connectivity index (χ4n) is 2.60. The Labute approximate surface area is 177 Å². The molecule has 0 radical (unpaired) electrons. The van der Waals surface area contributed by atoms with Gasteiger partial charge in [-0.25, -0.2) is 4.99 Å². The summed E-state index contributed by atoms with van der Waals surface area (Å²) in [4.78, 5) is 30.1. The molecule has 2 aromatic carbocycles. The highest BCUT2D eigenvalue weighted by molar-refractivity contribution is 8.14. The third kappa shape index (κ3) is 4.72. The van der Waals surface area contributed by atoms with Gasteiger partial charge in [0.15, 0.2) is 5.17 Å². The fourth-order valence-corrected chi connectivity index (χ4v) is 3.55. The predicted molar refractivity (Wildman–Crippen MR) is 116 cm³/mol. The summed E-state index contributed by atoms with van der Waals surface area (Å²) in [7, 11) is 3.07. The molecule has 1 aliphatic heterocycles. The number of thioether (sulfide) groups is 1. The van der Waals surface area contributed by atoms with Gasteiger partial charge in [-0.2, -0.15) is 0 Å². The van der Waals surface area contributed by atoms with Crippen LogP contribution in [-0.2, 0) is 9.59 Å². The van der Waals surface area contributed by atoms with Crippen LogP contribution in [0.15, 0.2) is 53.2 Å². The number of carbonyl (C=O) groups is 2. The Kier molecular flexibility index (Phi) is 6.46. The summed E-state index contributed by atoms with van der Waals surface area (Å²) in [6, 6.07) is 12.2. The molecule has 1 heterocycles. The number of methoxy groups -OCH3 is 2. The molecule has 0 fully saturated rings. The molecular formula is C20H18ClN3O4S. The molecule has 3 rings (SSSR count). The lowest BCUT2D eigenvalue weighted by atomic mass is 10.2. The van der Waals surface area contributed by atoms with E-state index < -0.39 is 5.91 Å². The molecular weight excluding hydrogens is 414 g/mol. The van der Waals surface area contributed by atoms with Crippen molar-refractivity contribution < 1.29 is 19.1 Å². The monoisotopic (exact) mass is 431 g/mol. The molecule has 0 saturated carbocycles. The number of carbonyl (C=O) groups excluding carboxylic acids is 2. The molecule has 2 amide bonds. The number of nitrogens with zero attached hydrogens (tertiary/aromatic N) is 2. The minimum absolute atomic E-state index is 0.0108. The SMILES string of the molecule is COc1ccc(/C=C2/N=C(SCC(N)=O)N(c3ccc(Cl)c(OC)c3)C2=O)cc1. The van der Waals surface area contributed by atoms with Crippen LogP contribution < -0.4 is 20.1 Å². The Bertz CT molecular complexity index is 1010. The summed E-state index contributed by atoms with van der Waals surface area (Å²) in [5.41, 5.74) is 6.79. The van der Waals surface area contributed by atoms with E-state index in [4.69, 9.17) is 26.8 Å². The number of halogens is 1. The van der Waals surface area contributed by atoms with Crippen molar-refractivity contribution in [3.05, 3.63) is 58.7 Å². The van der Waals surface area contributed by atoms with Crippen molar-refractivity contribution in [3.63, 3.8) is 0 Å². The minimum atomic E-state index is -0.508. The molecule has 0 aliphatic carbocycles. The van der Waals surface area contributed by atoms with Gasteiger partial charge in [0.2, 0.25) is 5.91 Å². The molecule has 2 aromatic rings. The zero-order chi connectivity index (χ0) is 21.0. The van der Waals surface area contributed by atoms with Crippen LogP contribution in [0.4, 0.5) is 5.69 Å². The Morgan fingerprint density at radius 2 is 1.93 bits per heavy atom. The fraction of sp³-hybridized carbons (Fsp3) is 0.150. The Morgan fingerprint density at radius 3 is 2.55 bits per heavy atom. The van der Waals surface area contributed by atoms with Gasteiger partial charge in [-0.15, -0.1) is 0 Å². The molecule has 1 aliphatic rings. The highest BCUT2D eigenvalue weighted by atomic mass is 35.5. The van der Waals surface area contributed by atoms with Crippen molar-refractivity contribution in [1.82, 2.24) is 0 Å². The quantitative estimate of drug-likeness (QED) is 0.708. The summed E-state index contributed by atoms with van der Waals surface area (Å²) in [5.74, 6) is 0.275. The van der Waals surface area contributed by atoms with Crippen LogP contribution in [0, 0.1) is 0 Å². The van der Waals surface area contributed by atoms with Gasteiger partial charge in [0.05, 0.1) is 30.7 Å². The maximum absolute atomic E-state index is 13.1. The molecule has 7 nitrogen and oxygen atoms in total. The third-order valence-corrected chi connectivity index (χ3v) is 5.26. The summed E-state index contributed by atoms with van der Waals surface area (Å²) in [6.45, 7) is 0. The topological polar surface area (TPSA) is 94.2 Å². The Morgan fingerprint density at radius 1 is 1.21 bits per heavy atom. The summed E-state index contributed by atoms with van der Waals surface area (Å²) in [6.07, 6.45) is 1.67. The van der Waals surface area contributed by atoms with Crippen molar-refractivity contribution in [2.24, 2.45) is 10.7 Å². The maximum Gasteiger partial charge on any atom is 0.283 e. The zero-order valence-electron chi connectivity index (χ0n) is 15.7. The summed E-state index contributed by atoms with van der Waals surface area (Å²) >= 11 is 7.18. The number of ether oxygens (including phenoxy) is 2. The lowest BCUT2D eigenvalue weighted by molar-refractivity contribution is -0.115. The van der Waals surface area contributed by atoms with Crippen LogP contribution in [0.2, 0.25) is 5.02 Å². The van der Waals surface area contributed by atoms with E-state index in [0.717, 1.165) is 17.3 Å². The van der Waals surface area contributed by atoms with Crippen molar-refractivity contribution in [1.29, 1.82) is 0 Å². The standard InChI is InChI=1S/C20H18ClN3O4S/c1-27-14-6-3-12(4-7-14)9-16-19(26)24(20(23-16)29-11-18(22)25)13-5-8-15(21)17(10-13)28-2/h3-10H,11H2,1-2H3,(H2,22,25)/b16-9+. The number of benzene rings is 2. The van der Waals surface area contributed by atoms with Gasteiger partial charge < -0.3 is 15.2 Å². The number of amidine groups is 1. The third-order valence-electron chi connectivity index (χ3n) is 3.99. The first-order valence-electron chi connectivity index (χ1n) is 8.46. The molecule has 0 atom stereocenters. The Balaban J connectivity index is 1.98. The van der Waals surface area contributed by atoms with E-state index >= 15 is 0 Å². The van der Waals surface area contributed by atoms with E-state index in [9.17, 15) is 9.59 Å². The normalized spacial score (nSPS) is 14.9. The molecule has 0 bridgehead atoms. The summed E-state index contributed by atoms with van der Waals surface area (Å²) in [5, 5.41) is 0.762. The van der Waals surface area contributed by atoms with Crippen molar-refractivity contribution >= 4 is 52.1 Å². The molecule has 29 heavy (non-hydrogen) atoms. The van der Waals surface area contributed by atoms with E-state index in [1.165, 1.54) is 12.0 Å². The number of hydrogen-bond donors (Lipinski definition) is 1. The maximum atomic E-state index is 13.1. The number of aliphatic imine (C=N–C) groups is 1. The molecule has 0 spiro atoms. The number of primary amides is 1. The van der Waals surface area contributed by atoms with E-state index in [-0.39, 0.29) is 17.4 Å². The first kappa shape index (κ1) is 20.8. The van der Waals surface area contributed by atoms with Crippen LogP contribution in [-0.4, -0.2) is 37.0 Å². The molecule has 0 unspecified atom stereocenters. The van der Waals surface area contributed by atoms with E-state index in [2.05, 4.69) is 4.99 Å². The van der Waals surface area contributed by atoms with Gasteiger partial charge in [-0.1, -0.05) is 35.5 Å². The molecule has 0 saturated heterocycles. The molecule has 9 heteroatoms. The van der Waals surface area contributed by atoms with Crippen molar-refractivity contribution in [2.45, 2.75) is 0 Å². The van der Waals surface area contributed by atoms with Crippen LogP contribution >= 0.6 is 23.4 Å². The van der Waals surface area contributed by atoms with Crippen LogP contribution in [0.5, 0.6) is 11.5 Å². The molecule has 0 aromatic heterocycles. The summed E-state index contributed by atoms with van der Waals surface area (Å²) < 4.78 is 10.4. The van der Waals surface area contributed by atoms with Gasteiger partial charge in [-0.05, 0) is 35.9 Å². The highest BCUT2D eigenvalue weighted by Gasteiger charge is 2.32. The van der Waals surface area contributed by atoms with Gasteiger partial charge >= 0.3 is 0 Å². The average molecular weight is 432 g/mol. The smallest absolute Gasteiger partial charge is 0.283 e. The molecule has 2 N–H and O–H groups in total. The predicted octanol–water partition coefficient (Wildman–Crippen LogP) is 3.32. The first-order chi connectivity index (χ1) is 13.9. The lowest BCUT2D eigenvalue weighted by Gasteiger charge is -2.18. The van der Waals surface area contributed by atoms with Gasteiger partial charge in [0, 0.05) is 6.07 Å². The lowest BCUT2D eigenvalue weighted by Crippen LogP contribution is -2.31. The van der Waals surface area contributed by atoms with Crippen molar-refractivity contribution in [2.75, 3.05) is 24.9 Å². The minimum Gasteiger partial charge on any atom is -0.497 e. The Hall–Kier alpha value is -2.97. The van der Waals surface area contributed by atoms with Gasteiger partial charge in [0.25, 0.3) is 5.91 Å². The van der Waals surface area contributed by atoms with Gasteiger partial charge in [-0.3, -0.25) is 14.5 Å². The number of hydrogen-bond acceptors (Lipinski definition) is 6. The second-order valence-corrected chi connectivity index (χ2v) is 7.26. The number of nitrogens with two attached hydrogens (primary N) is 1. The first-order valence-corrected chi connectivity index (χ1v) is 9.83. The van der Waals surface area contributed by atoms with Crippen LogP contribution in [0.3, 0.4) is 0 Å². The highest BCUT2D eigenvalue weighted by Crippen LogP contribution is 2.34. The average Bonchev–Trinajstić information content (AvgIpc) is 3.02. The number of amides is 2. The van der Waals surface area contributed by atoms with Crippen LogP contribution in [0.25, 0.3) is 6.08 Å². The van der Waals surface area contributed by atoms with Crippen LogP contribution in [0.1, 0.15) is 5.56 Å². The zero-order valence-corrected chi connectivity index (χ0v) is 17.3. The van der Waals surface area contributed by atoms with Gasteiger partial charge in [0.1, 0.15) is 17.2 Å². The van der Waals surface area contributed by atoms with E-state index in [0.29, 0.717) is 27.4 Å². The van der Waals surface area contributed by atoms with E-state index in [1.54, 1.807) is 43.5 Å². The number of anilines is 1. The second-order valence-electron chi connectivity index (χ2n) is 5.91. The largest absolute Gasteiger partial charge is 0.497 e.